The summed E-state index contributed by atoms with van der Waals surface area (Å²) in [5.41, 5.74) is 0. The molecule has 7 nitrogen and oxygen atoms in total. The number of esters is 1. The maximum Gasteiger partial charge on any atom is 0.307 e. The molecule has 0 fully saturated rings. The van der Waals surface area contributed by atoms with Crippen LogP contribution in [-0.4, -0.2) is 79.4 Å². The zero-order chi connectivity index (χ0) is 26.0. The fourth-order valence-corrected chi connectivity index (χ4v) is 12.6. The van der Waals surface area contributed by atoms with Crippen molar-refractivity contribution in [2.45, 2.75) is 110 Å². The van der Waals surface area contributed by atoms with Crippen LogP contribution in [0, 0.1) is 5.92 Å². The van der Waals surface area contributed by atoms with E-state index in [1.54, 1.807) is 0 Å². The zero-order valence-electron chi connectivity index (χ0n) is 23.4. The summed E-state index contributed by atoms with van der Waals surface area (Å²) in [6, 6.07) is 2.54. The van der Waals surface area contributed by atoms with Crippen LogP contribution in [0.4, 0.5) is 0 Å². The third kappa shape index (κ3) is 21.0. The molecule has 0 aromatic rings. The Hall–Kier alpha value is -0.296. The van der Waals surface area contributed by atoms with Gasteiger partial charge in [0.05, 0.1) is 13.0 Å². The van der Waals surface area contributed by atoms with Crippen LogP contribution in [0.15, 0.2) is 0 Å². The third-order valence-corrected chi connectivity index (χ3v) is 13.2. The van der Waals surface area contributed by atoms with Gasteiger partial charge in [0.25, 0.3) is 0 Å². The lowest BCUT2D eigenvalue weighted by atomic mass is 10.0. The Morgan fingerprint density at radius 3 is 2.06 bits per heavy atom. The monoisotopic (exact) mass is 521 g/mol. The summed E-state index contributed by atoms with van der Waals surface area (Å²) in [6.45, 7) is 20.7. The van der Waals surface area contributed by atoms with Crippen LogP contribution in [0.3, 0.4) is 0 Å². The molecule has 0 aliphatic carbocycles. The molecular weight excluding hydrogens is 466 g/mol. The molecule has 204 valence electrons. The molecule has 34 heavy (non-hydrogen) atoms. The van der Waals surface area contributed by atoms with Gasteiger partial charge in [0.2, 0.25) is 0 Å². The van der Waals surface area contributed by atoms with Crippen molar-refractivity contribution in [2.75, 3.05) is 39.6 Å². The van der Waals surface area contributed by atoms with Gasteiger partial charge in [0.1, 0.15) is 12.7 Å². The Balaban J connectivity index is 3.87. The SMILES string of the molecule is CCOCCC[Si](C)(C)O[Si](C)(C)CCCOCC(O)COC(=O)CCNC(C)CCC(C)C. The lowest BCUT2D eigenvalue weighted by molar-refractivity contribution is -0.147. The van der Waals surface area contributed by atoms with Gasteiger partial charge >= 0.3 is 5.97 Å². The summed E-state index contributed by atoms with van der Waals surface area (Å²) < 4.78 is 22.9. The molecule has 0 aromatic carbocycles. The molecule has 2 atom stereocenters. The molecule has 0 spiro atoms. The van der Waals surface area contributed by atoms with E-state index < -0.39 is 22.7 Å². The van der Waals surface area contributed by atoms with Gasteiger partial charge < -0.3 is 28.7 Å². The molecule has 0 rings (SSSR count). The smallest absolute Gasteiger partial charge is 0.307 e. The number of hydrogen-bond acceptors (Lipinski definition) is 7. The van der Waals surface area contributed by atoms with Crippen LogP contribution in [-0.2, 0) is 23.1 Å². The molecule has 0 bridgehead atoms. The fraction of sp³-hybridized carbons (Fsp3) is 0.960. The average molecular weight is 522 g/mol. The number of carbonyl (C=O) groups excluding carboxylic acids is 1. The van der Waals surface area contributed by atoms with Gasteiger partial charge in [-0.15, -0.1) is 0 Å². The van der Waals surface area contributed by atoms with Crippen molar-refractivity contribution in [2.24, 2.45) is 5.92 Å². The molecule has 0 aliphatic rings. The molecule has 9 heteroatoms. The summed E-state index contributed by atoms with van der Waals surface area (Å²) in [7, 11) is -3.42. The first-order valence-corrected chi connectivity index (χ1v) is 19.5. The normalized spacial score (nSPS) is 14.4. The number of rotatable bonds is 22. The minimum atomic E-state index is -1.74. The van der Waals surface area contributed by atoms with Gasteiger partial charge in [-0.05, 0) is 83.7 Å². The van der Waals surface area contributed by atoms with Crippen LogP contribution in [0.2, 0.25) is 38.3 Å². The summed E-state index contributed by atoms with van der Waals surface area (Å²) in [5, 5.41) is 13.4. The molecule has 0 heterocycles. The number of carbonyl (C=O) groups is 1. The second-order valence-electron chi connectivity index (χ2n) is 11.0. The average Bonchev–Trinajstić information content (AvgIpc) is 2.72. The topological polar surface area (TPSA) is 86.2 Å². The Bertz CT molecular complexity index is 520. The molecule has 2 N–H and O–H groups in total. The van der Waals surface area contributed by atoms with E-state index in [2.05, 4.69) is 52.3 Å². The number of ether oxygens (including phenoxy) is 3. The van der Waals surface area contributed by atoms with Crippen molar-refractivity contribution in [1.29, 1.82) is 0 Å². The highest BCUT2D eigenvalue weighted by Crippen LogP contribution is 2.23. The zero-order valence-corrected chi connectivity index (χ0v) is 25.4. The summed E-state index contributed by atoms with van der Waals surface area (Å²) >= 11 is 0. The summed E-state index contributed by atoms with van der Waals surface area (Å²) in [5.74, 6) is 0.398. The molecule has 2 unspecified atom stereocenters. The van der Waals surface area contributed by atoms with E-state index in [1.165, 1.54) is 6.42 Å². The van der Waals surface area contributed by atoms with Gasteiger partial charge in [0.15, 0.2) is 16.6 Å². The number of aliphatic hydroxyl groups excluding tert-OH is 1. The van der Waals surface area contributed by atoms with E-state index in [1.807, 2.05) is 6.92 Å². The minimum Gasteiger partial charge on any atom is -0.463 e. The fourth-order valence-electron chi connectivity index (χ4n) is 3.83. The van der Waals surface area contributed by atoms with Crippen molar-refractivity contribution >= 4 is 22.6 Å². The van der Waals surface area contributed by atoms with Gasteiger partial charge in [-0.25, -0.2) is 0 Å². The van der Waals surface area contributed by atoms with Crippen LogP contribution >= 0.6 is 0 Å². The van der Waals surface area contributed by atoms with Crippen molar-refractivity contribution in [1.82, 2.24) is 5.32 Å². The Morgan fingerprint density at radius 2 is 1.50 bits per heavy atom. The number of hydrogen-bond donors (Lipinski definition) is 2. The van der Waals surface area contributed by atoms with Crippen LogP contribution in [0.1, 0.15) is 59.8 Å². The Kier molecular flexibility index (Phi) is 18.7. The number of aliphatic hydroxyl groups is 1. The van der Waals surface area contributed by atoms with E-state index in [-0.39, 0.29) is 19.2 Å². The molecule has 0 saturated heterocycles. The molecule has 0 amide bonds. The maximum atomic E-state index is 11.9. The van der Waals surface area contributed by atoms with Crippen LogP contribution in [0.25, 0.3) is 0 Å². The van der Waals surface area contributed by atoms with Gasteiger partial charge in [0, 0.05) is 32.4 Å². The highest BCUT2D eigenvalue weighted by Gasteiger charge is 2.32. The highest BCUT2D eigenvalue weighted by molar-refractivity contribution is 6.84. The molecular formula is C25H55NO6Si2. The first kappa shape index (κ1) is 33.7. The third-order valence-electron chi connectivity index (χ3n) is 5.64. The van der Waals surface area contributed by atoms with Crippen molar-refractivity contribution in [3.05, 3.63) is 0 Å². The predicted octanol–water partition coefficient (Wildman–Crippen LogP) is 4.96. The van der Waals surface area contributed by atoms with E-state index >= 15 is 0 Å². The second kappa shape index (κ2) is 18.9. The van der Waals surface area contributed by atoms with Crippen molar-refractivity contribution in [3.8, 4) is 0 Å². The van der Waals surface area contributed by atoms with Crippen molar-refractivity contribution in [3.63, 3.8) is 0 Å². The predicted molar refractivity (Wildman–Crippen MR) is 145 cm³/mol. The first-order chi connectivity index (χ1) is 15.9. The minimum absolute atomic E-state index is 0.0212. The van der Waals surface area contributed by atoms with E-state index in [0.717, 1.165) is 44.6 Å². The van der Waals surface area contributed by atoms with Crippen LogP contribution < -0.4 is 5.32 Å². The molecule has 0 aliphatic heterocycles. The van der Waals surface area contributed by atoms with Crippen LogP contribution in [0.5, 0.6) is 0 Å². The largest absolute Gasteiger partial charge is 0.463 e. The molecule has 0 saturated carbocycles. The lowest BCUT2D eigenvalue weighted by Gasteiger charge is -2.34. The van der Waals surface area contributed by atoms with Gasteiger partial charge in [-0.1, -0.05) is 13.8 Å². The quantitative estimate of drug-likeness (QED) is 0.118. The van der Waals surface area contributed by atoms with Crippen molar-refractivity contribution < 1.29 is 28.2 Å². The van der Waals surface area contributed by atoms with E-state index in [0.29, 0.717) is 31.5 Å². The summed E-state index contributed by atoms with van der Waals surface area (Å²) in [4.78, 5) is 11.9. The summed E-state index contributed by atoms with van der Waals surface area (Å²) in [6.07, 6.45) is 3.77. The highest BCUT2D eigenvalue weighted by atomic mass is 28.4. The van der Waals surface area contributed by atoms with Gasteiger partial charge in [-0.2, -0.15) is 0 Å². The maximum absolute atomic E-state index is 11.9. The first-order valence-electron chi connectivity index (χ1n) is 13.3. The molecule has 0 radical (unpaired) electrons. The lowest BCUT2D eigenvalue weighted by Crippen LogP contribution is -2.44. The molecule has 0 aromatic heterocycles. The Labute approximate surface area is 211 Å². The Morgan fingerprint density at radius 1 is 0.912 bits per heavy atom. The van der Waals surface area contributed by atoms with Gasteiger partial charge in [-0.3, -0.25) is 4.79 Å². The van der Waals surface area contributed by atoms with E-state index in [4.69, 9.17) is 18.3 Å². The van der Waals surface area contributed by atoms with E-state index in [9.17, 15) is 9.90 Å². The standard InChI is InChI=1S/C25H55NO6Si2/c1-9-29-16-10-18-33(5,6)32-34(7,8)19-11-17-30-20-24(27)21-31-25(28)14-15-26-23(4)13-12-22(2)3/h22-24,26-27H,9-21H2,1-8H3. The second-order valence-corrected chi connectivity index (χ2v) is 19.9. The number of nitrogens with one attached hydrogen (secondary N) is 1.